The van der Waals surface area contributed by atoms with Gasteiger partial charge < -0.3 is 10.2 Å². The number of benzene rings is 1. The minimum atomic E-state index is 0.536. The molecule has 1 aliphatic rings. The van der Waals surface area contributed by atoms with Gasteiger partial charge in [0.05, 0.1) is 6.20 Å². The van der Waals surface area contributed by atoms with Crippen LogP contribution in [0.4, 0.5) is 11.8 Å². The highest BCUT2D eigenvalue weighted by Crippen LogP contribution is 2.18. The molecule has 104 valence electrons. The van der Waals surface area contributed by atoms with Gasteiger partial charge in [-0.25, -0.2) is 0 Å². The van der Waals surface area contributed by atoms with Crippen molar-refractivity contribution in [2.45, 2.75) is 19.4 Å². The molecule has 0 unspecified atom stereocenters. The van der Waals surface area contributed by atoms with E-state index in [-0.39, 0.29) is 0 Å². The fraction of sp³-hybridized carbons (Fsp3) is 0.357. The maximum Gasteiger partial charge on any atom is 0.244 e. The number of nitrogens with zero attached hydrogens (tertiary/aromatic N) is 4. The molecular formula is C14H16ClN5. The van der Waals surface area contributed by atoms with Gasteiger partial charge in [-0.2, -0.15) is 10.1 Å². The third kappa shape index (κ3) is 2.99. The molecule has 2 aromatic rings. The van der Waals surface area contributed by atoms with E-state index >= 15 is 0 Å². The van der Waals surface area contributed by atoms with Crippen molar-refractivity contribution < 1.29 is 0 Å². The number of rotatable bonds is 4. The molecule has 20 heavy (non-hydrogen) atoms. The van der Waals surface area contributed by atoms with Crippen LogP contribution in [0.25, 0.3) is 0 Å². The van der Waals surface area contributed by atoms with E-state index in [0.29, 0.717) is 12.5 Å². The number of nitrogens with one attached hydrogen (secondary N) is 1. The Bertz CT molecular complexity index is 583. The number of hydrogen-bond acceptors (Lipinski definition) is 5. The van der Waals surface area contributed by atoms with Crippen molar-refractivity contribution in [3.05, 3.63) is 41.0 Å². The van der Waals surface area contributed by atoms with Crippen LogP contribution in [-0.4, -0.2) is 28.3 Å². The molecule has 1 saturated heterocycles. The second kappa shape index (κ2) is 6.05. The molecule has 1 aromatic carbocycles. The van der Waals surface area contributed by atoms with E-state index in [9.17, 15) is 0 Å². The molecule has 1 N–H and O–H groups in total. The summed E-state index contributed by atoms with van der Waals surface area (Å²) in [5, 5.41) is 11.9. The van der Waals surface area contributed by atoms with Crippen LogP contribution in [0.2, 0.25) is 5.02 Å². The van der Waals surface area contributed by atoms with Gasteiger partial charge >= 0.3 is 0 Å². The zero-order valence-electron chi connectivity index (χ0n) is 11.1. The highest BCUT2D eigenvalue weighted by Gasteiger charge is 2.14. The van der Waals surface area contributed by atoms with Gasteiger partial charge in [0.25, 0.3) is 0 Å². The Balaban J connectivity index is 1.68. The lowest BCUT2D eigenvalue weighted by molar-refractivity contribution is 0.879. The highest BCUT2D eigenvalue weighted by molar-refractivity contribution is 6.31. The fourth-order valence-corrected chi connectivity index (χ4v) is 2.49. The minimum absolute atomic E-state index is 0.536. The van der Waals surface area contributed by atoms with Crippen molar-refractivity contribution in [2.75, 3.05) is 23.3 Å². The highest BCUT2D eigenvalue weighted by atomic mass is 35.5. The Labute approximate surface area is 123 Å². The Morgan fingerprint density at radius 1 is 1.20 bits per heavy atom. The minimum Gasteiger partial charge on any atom is -0.355 e. The van der Waals surface area contributed by atoms with Gasteiger partial charge in [-0.3, -0.25) is 0 Å². The number of halogens is 1. The summed E-state index contributed by atoms with van der Waals surface area (Å²) in [7, 11) is 0. The summed E-state index contributed by atoms with van der Waals surface area (Å²) >= 11 is 6.12. The van der Waals surface area contributed by atoms with E-state index in [1.807, 2.05) is 24.3 Å². The third-order valence-corrected chi connectivity index (χ3v) is 3.74. The molecule has 1 aliphatic heterocycles. The largest absolute Gasteiger partial charge is 0.355 e. The summed E-state index contributed by atoms with van der Waals surface area (Å²) in [6, 6.07) is 7.73. The summed E-state index contributed by atoms with van der Waals surface area (Å²) in [5.74, 6) is 1.42. The van der Waals surface area contributed by atoms with Gasteiger partial charge in [0, 0.05) is 24.7 Å². The maximum atomic E-state index is 6.12. The van der Waals surface area contributed by atoms with E-state index in [1.165, 1.54) is 12.8 Å². The Hall–Kier alpha value is -1.88. The molecule has 0 atom stereocenters. The molecular weight excluding hydrogens is 274 g/mol. The smallest absolute Gasteiger partial charge is 0.244 e. The van der Waals surface area contributed by atoms with Crippen molar-refractivity contribution >= 4 is 23.4 Å². The molecule has 0 bridgehead atoms. The monoisotopic (exact) mass is 289 g/mol. The summed E-state index contributed by atoms with van der Waals surface area (Å²) < 4.78 is 0. The van der Waals surface area contributed by atoms with Crippen LogP contribution in [0, 0.1) is 0 Å². The molecule has 0 saturated carbocycles. The van der Waals surface area contributed by atoms with Crippen molar-refractivity contribution in [3.63, 3.8) is 0 Å². The summed E-state index contributed by atoms with van der Waals surface area (Å²) in [4.78, 5) is 6.73. The summed E-state index contributed by atoms with van der Waals surface area (Å²) in [5.41, 5.74) is 1.02. The number of anilines is 2. The average molecular weight is 290 g/mol. The lowest BCUT2D eigenvalue weighted by atomic mass is 10.2. The van der Waals surface area contributed by atoms with Crippen LogP contribution in [0.15, 0.2) is 30.5 Å². The zero-order chi connectivity index (χ0) is 13.8. The predicted octanol–water partition coefficient (Wildman–Crippen LogP) is 2.74. The molecule has 1 fully saturated rings. The summed E-state index contributed by atoms with van der Waals surface area (Å²) in [6.07, 6.45) is 4.14. The Morgan fingerprint density at radius 2 is 2.00 bits per heavy atom. The van der Waals surface area contributed by atoms with Gasteiger partial charge in [-0.15, -0.1) is 5.10 Å². The molecule has 0 radical (unpaired) electrons. The first-order chi connectivity index (χ1) is 9.83. The molecule has 6 heteroatoms. The Kier molecular flexibility index (Phi) is 3.97. The van der Waals surface area contributed by atoms with E-state index < -0.39 is 0 Å². The van der Waals surface area contributed by atoms with E-state index in [0.717, 1.165) is 29.5 Å². The summed E-state index contributed by atoms with van der Waals surface area (Å²) in [6.45, 7) is 2.68. The van der Waals surface area contributed by atoms with Gasteiger partial charge in [-0.05, 0) is 24.5 Å². The van der Waals surface area contributed by atoms with Gasteiger partial charge in [-0.1, -0.05) is 29.8 Å². The first kappa shape index (κ1) is 13.1. The lowest BCUT2D eigenvalue weighted by Crippen LogP contribution is -2.20. The van der Waals surface area contributed by atoms with E-state index in [4.69, 9.17) is 11.6 Å². The van der Waals surface area contributed by atoms with Crippen molar-refractivity contribution in [2.24, 2.45) is 0 Å². The SMILES string of the molecule is Clc1ccccc1CNc1nncc(N2CCCC2)n1. The molecule has 0 amide bonds. The van der Waals surface area contributed by atoms with Crippen molar-refractivity contribution in [3.8, 4) is 0 Å². The Morgan fingerprint density at radius 3 is 2.80 bits per heavy atom. The quantitative estimate of drug-likeness (QED) is 0.938. The first-order valence-electron chi connectivity index (χ1n) is 6.75. The van der Waals surface area contributed by atoms with Crippen molar-refractivity contribution in [1.82, 2.24) is 15.2 Å². The third-order valence-electron chi connectivity index (χ3n) is 3.37. The van der Waals surface area contributed by atoms with Crippen LogP contribution in [0.1, 0.15) is 18.4 Å². The van der Waals surface area contributed by atoms with Gasteiger partial charge in [0.15, 0.2) is 5.82 Å². The van der Waals surface area contributed by atoms with Crippen LogP contribution < -0.4 is 10.2 Å². The molecule has 3 rings (SSSR count). The van der Waals surface area contributed by atoms with Crippen LogP contribution in [0.5, 0.6) is 0 Å². The first-order valence-corrected chi connectivity index (χ1v) is 7.13. The number of aromatic nitrogens is 3. The molecule has 1 aromatic heterocycles. The second-order valence-electron chi connectivity index (χ2n) is 4.78. The maximum absolute atomic E-state index is 6.12. The average Bonchev–Trinajstić information content (AvgIpc) is 3.01. The van der Waals surface area contributed by atoms with Gasteiger partial charge in [0.2, 0.25) is 5.95 Å². The second-order valence-corrected chi connectivity index (χ2v) is 5.18. The predicted molar refractivity (Wildman–Crippen MR) is 80.1 cm³/mol. The molecule has 0 spiro atoms. The topological polar surface area (TPSA) is 53.9 Å². The number of hydrogen-bond donors (Lipinski definition) is 1. The van der Waals surface area contributed by atoms with Gasteiger partial charge in [0.1, 0.15) is 0 Å². The molecule has 0 aliphatic carbocycles. The van der Waals surface area contributed by atoms with Crippen LogP contribution in [0.3, 0.4) is 0 Å². The van der Waals surface area contributed by atoms with Crippen molar-refractivity contribution in [1.29, 1.82) is 0 Å². The fourth-order valence-electron chi connectivity index (χ4n) is 2.28. The lowest BCUT2D eigenvalue weighted by Gasteiger charge is -2.16. The van der Waals surface area contributed by atoms with Crippen LogP contribution in [-0.2, 0) is 6.54 Å². The molecule has 2 heterocycles. The van der Waals surface area contributed by atoms with Crippen LogP contribution >= 0.6 is 11.6 Å². The van der Waals surface area contributed by atoms with E-state index in [1.54, 1.807) is 6.20 Å². The standard InChI is InChI=1S/C14H16ClN5/c15-12-6-2-1-5-11(12)9-16-14-18-13(10-17-19-14)20-7-3-4-8-20/h1-2,5-6,10H,3-4,7-9H2,(H,16,18,19). The van der Waals surface area contributed by atoms with E-state index in [2.05, 4.69) is 25.4 Å². The zero-order valence-corrected chi connectivity index (χ0v) is 11.8. The normalized spacial score (nSPS) is 14.6. The molecule has 5 nitrogen and oxygen atoms in total.